The van der Waals surface area contributed by atoms with E-state index in [1.807, 2.05) is 0 Å². The van der Waals surface area contributed by atoms with Gasteiger partial charge in [-0.1, -0.05) is 0 Å². The van der Waals surface area contributed by atoms with Gasteiger partial charge in [-0.2, -0.15) is 0 Å². The van der Waals surface area contributed by atoms with E-state index in [0.29, 0.717) is 12.4 Å². The number of hydrogen-bond donors (Lipinski definition) is 2. The maximum absolute atomic E-state index is 11.9. The number of nitrogens with one attached hydrogen (secondary N) is 1. The van der Waals surface area contributed by atoms with E-state index in [4.69, 9.17) is 9.84 Å². The second-order valence-corrected chi connectivity index (χ2v) is 4.85. The Morgan fingerprint density at radius 3 is 2.65 bits per heavy atom. The molecule has 1 unspecified atom stereocenters. The van der Waals surface area contributed by atoms with E-state index in [0.717, 1.165) is 0 Å². The van der Waals surface area contributed by atoms with Gasteiger partial charge in [0.25, 0.3) is 5.69 Å². The van der Waals surface area contributed by atoms with Crippen molar-refractivity contribution in [2.45, 2.75) is 19.9 Å². The number of nitro groups is 1. The van der Waals surface area contributed by atoms with Gasteiger partial charge in [0.2, 0.25) is 5.91 Å². The van der Waals surface area contributed by atoms with Gasteiger partial charge in [-0.3, -0.25) is 24.6 Å². The number of aliphatic carboxylic acids is 1. The van der Waals surface area contributed by atoms with Gasteiger partial charge in [-0.05, 0) is 33.0 Å². The molecule has 0 heterocycles. The molecule has 0 aliphatic carbocycles. The molecule has 0 spiro atoms. The number of rotatable bonds is 8. The lowest BCUT2D eigenvalue weighted by Gasteiger charge is -2.20. The van der Waals surface area contributed by atoms with E-state index in [2.05, 4.69) is 5.32 Å². The number of ether oxygens (including phenoxy) is 1. The SMILES string of the molecule is CCOc1ccc(NC(=O)CN(C)C(C)C(=O)O)c([N+](=O)[O-])c1. The molecule has 1 rings (SSSR count). The molecule has 9 nitrogen and oxygen atoms in total. The molecule has 9 heteroatoms. The number of amides is 1. The van der Waals surface area contributed by atoms with Crippen LogP contribution in [0.25, 0.3) is 0 Å². The Labute approximate surface area is 133 Å². The molecule has 23 heavy (non-hydrogen) atoms. The number of carboxylic acid groups (broad SMARTS) is 1. The summed E-state index contributed by atoms with van der Waals surface area (Å²) in [5.74, 6) is -1.28. The van der Waals surface area contributed by atoms with Crippen LogP contribution >= 0.6 is 0 Å². The minimum absolute atomic E-state index is 0.0276. The number of nitro benzene ring substituents is 1. The lowest BCUT2D eigenvalue weighted by atomic mass is 10.2. The minimum atomic E-state index is -1.06. The van der Waals surface area contributed by atoms with Gasteiger partial charge in [0.15, 0.2) is 0 Å². The normalized spacial score (nSPS) is 11.8. The summed E-state index contributed by atoms with van der Waals surface area (Å²) in [5, 5.41) is 22.4. The lowest BCUT2D eigenvalue weighted by Crippen LogP contribution is -2.40. The largest absolute Gasteiger partial charge is 0.494 e. The number of carboxylic acids is 1. The van der Waals surface area contributed by atoms with Crippen molar-refractivity contribution in [1.82, 2.24) is 4.90 Å². The fourth-order valence-electron chi connectivity index (χ4n) is 1.77. The summed E-state index contributed by atoms with van der Waals surface area (Å²) in [6, 6.07) is 3.26. The second kappa shape index (κ2) is 8.08. The van der Waals surface area contributed by atoms with E-state index in [1.165, 1.54) is 37.1 Å². The van der Waals surface area contributed by atoms with Gasteiger partial charge in [0.1, 0.15) is 17.5 Å². The summed E-state index contributed by atoms with van der Waals surface area (Å²) in [6.45, 7) is 3.34. The van der Waals surface area contributed by atoms with Crippen LogP contribution in [0.1, 0.15) is 13.8 Å². The molecule has 0 aliphatic heterocycles. The second-order valence-electron chi connectivity index (χ2n) is 4.85. The van der Waals surface area contributed by atoms with Crippen LogP contribution in [-0.4, -0.2) is 53.0 Å². The molecule has 126 valence electrons. The zero-order valence-electron chi connectivity index (χ0n) is 13.1. The van der Waals surface area contributed by atoms with Gasteiger partial charge in [-0.25, -0.2) is 0 Å². The predicted octanol–water partition coefficient (Wildman–Crippen LogP) is 1.34. The molecule has 0 aromatic heterocycles. The molecular formula is C14H19N3O6. The number of likely N-dealkylation sites (N-methyl/N-ethyl adjacent to an activating group) is 1. The molecule has 0 radical (unpaired) electrons. The number of carbonyl (C=O) groups is 2. The highest BCUT2D eigenvalue weighted by molar-refractivity contribution is 5.94. The maximum Gasteiger partial charge on any atom is 0.320 e. The summed E-state index contributed by atoms with van der Waals surface area (Å²) in [4.78, 5) is 34.6. The van der Waals surface area contributed by atoms with Crippen molar-refractivity contribution in [3.63, 3.8) is 0 Å². The Kier molecular flexibility index (Phi) is 6.46. The van der Waals surface area contributed by atoms with Gasteiger partial charge in [0, 0.05) is 0 Å². The Balaban J connectivity index is 2.85. The molecular weight excluding hydrogens is 306 g/mol. The van der Waals surface area contributed by atoms with Crippen LogP contribution in [-0.2, 0) is 9.59 Å². The van der Waals surface area contributed by atoms with Crippen LogP contribution in [0.3, 0.4) is 0 Å². The smallest absolute Gasteiger partial charge is 0.320 e. The fraction of sp³-hybridized carbons (Fsp3) is 0.429. The van der Waals surface area contributed by atoms with Crippen molar-refractivity contribution in [3.05, 3.63) is 28.3 Å². The molecule has 1 aromatic rings. The van der Waals surface area contributed by atoms with Crippen LogP contribution in [0.2, 0.25) is 0 Å². The van der Waals surface area contributed by atoms with Gasteiger partial charge < -0.3 is 15.2 Å². The first-order chi connectivity index (χ1) is 10.8. The van der Waals surface area contributed by atoms with Crippen molar-refractivity contribution in [1.29, 1.82) is 0 Å². The van der Waals surface area contributed by atoms with Gasteiger partial charge in [0.05, 0.1) is 24.1 Å². The fourth-order valence-corrected chi connectivity index (χ4v) is 1.77. The van der Waals surface area contributed by atoms with Crippen molar-refractivity contribution < 1.29 is 24.4 Å². The summed E-state index contributed by atoms with van der Waals surface area (Å²) in [6.07, 6.45) is 0. The highest BCUT2D eigenvalue weighted by Crippen LogP contribution is 2.29. The molecule has 0 saturated heterocycles. The lowest BCUT2D eigenvalue weighted by molar-refractivity contribution is -0.384. The van der Waals surface area contributed by atoms with E-state index >= 15 is 0 Å². The predicted molar refractivity (Wildman–Crippen MR) is 82.6 cm³/mol. The third-order valence-corrected chi connectivity index (χ3v) is 3.16. The van der Waals surface area contributed by atoms with Crippen LogP contribution < -0.4 is 10.1 Å². The molecule has 0 saturated carbocycles. The first kappa shape index (κ1) is 18.4. The maximum atomic E-state index is 11.9. The Bertz CT molecular complexity index is 604. The quantitative estimate of drug-likeness (QED) is 0.546. The summed E-state index contributed by atoms with van der Waals surface area (Å²) < 4.78 is 5.19. The van der Waals surface area contributed by atoms with Gasteiger partial charge in [-0.15, -0.1) is 0 Å². The van der Waals surface area contributed by atoms with Crippen LogP contribution in [0, 0.1) is 10.1 Å². The summed E-state index contributed by atoms with van der Waals surface area (Å²) in [5.41, 5.74) is -0.266. The number of nitrogens with zero attached hydrogens (tertiary/aromatic N) is 2. The third-order valence-electron chi connectivity index (χ3n) is 3.16. The Morgan fingerprint density at radius 2 is 2.13 bits per heavy atom. The molecule has 2 N–H and O–H groups in total. The average molecular weight is 325 g/mol. The monoisotopic (exact) mass is 325 g/mol. The first-order valence-electron chi connectivity index (χ1n) is 6.90. The standard InChI is InChI=1S/C14H19N3O6/c1-4-23-10-5-6-11(12(7-10)17(21)22)15-13(18)8-16(3)9(2)14(19)20/h5-7,9H,4,8H2,1-3H3,(H,15,18)(H,19,20). The number of benzene rings is 1. The highest BCUT2D eigenvalue weighted by Gasteiger charge is 2.21. The van der Waals surface area contributed by atoms with Crippen LogP contribution in [0.5, 0.6) is 5.75 Å². The number of hydrogen-bond acceptors (Lipinski definition) is 6. The van der Waals surface area contributed by atoms with E-state index in [1.54, 1.807) is 6.92 Å². The molecule has 1 amide bonds. The zero-order valence-corrected chi connectivity index (χ0v) is 13.1. The Morgan fingerprint density at radius 1 is 1.48 bits per heavy atom. The molecule has 1 aromatic carbocycles. The summed E-state index contributed by atoms with van der Waals surface area (Å²) in [7, 11) is 1.48. The van der Waals surface area contributed by atoms with Crippen molar-refractivity contribution in [2.24, 2.45) is 0 Å². The van der Waals surface area contributed by atoms with Crippen molar-refractivity contribution >= 4 is 23.3 Å². The third kappa shape index (κ3) is 5.22. The van der Waals surface area contributed by atoms with E-state index < -0.39 is 22.8 Å². The van der Waals surface area contributed by atoms with E-state index in [9.17, 15) is 19.7 Å². The highest BCUT2D eigenvalue weighted by atomic mass is 16.6. The zero-order chi connectivity index (χ0) is 17.6. The Hall–Kier alpha value is -2.68. The molecule has 0 aliphatic rings. The number of anilines is 1. The molecule has 0 bridgehead atoms. The average Bonchev–Trinajstić information content (AvgIpc) is 2.47. The van der Waals surface area contributed by atoms with Crippen molar-refractivity contribution in [2.75, 3.05) is 25.5 Å². The van der Waals surface area contributed by atoms with E-state index in [-0.39, 0.29) is 17.9 Å². The molecule has 0 fully saturated rings. The number of carbonyl (C=O) groups excluding carboxylic acids is 1. The summed E-state index contributed by atoms with van der Waals surface area (Å²) >= 11 is 0. The first-order valence-corrected chi connectivity index (χ1v) is 6.90. The molecule has 1 atom stereocenters. The topological polar surface area (TPSA) is 122 Å². The van der Waals surface area contributed by atoms with Gasteiger partial charge >= 0.3 is 5.97 Å². The minimum Gasteiger partial charge on any atom is -0.494 e. The van der Waals surface area contributed by atoms with Crippen LogP contribution in [0.15, 0.2) is 18.2 Å². The van der Waals surface area contributed by atoms with Crippen molar-refractivity contribution in [3.8, 4) is 5.75 Å². The van der Waals surface area contributed by atoms with Crippen LogP contribution in [0.4, 0.5) is 11.4 Å².